The van der Waals surface area contributed by atoms with Crippen molar-refractivity contribution < 1.29 is 0 Å². The van der Waals surface area contributed by atoms with Gasteiger partial charge in [0.1, 0.15) is 6.17 Å². The smallest absolute Gasteiger partial charge is 0.109 e. The Balaban J connectivity index is 1.92. The summed E-state index contributed by atoms with van der Waals surface area (Å²) in [6.07, 6.45) is 5.75. The van der Waals surface area contributed by atoms with Crippen molar-refractivity contribution in [2.75, 3.05) is 6.54 Å². The summed E-state index contributed by atoms with van der Waals surface area (Å²) in [5.74, 6) is 2.06. The minimum absolute atomic E-state index is 0.294. The maximum Gasteiger partial charge on any atom is 0.109 e. The van der Waals surface area contributed by atoms with Crippen LogP contribution < -0.4 is 16.3 Å². The highest BCUT2D eigenvalue weighted by molar-refractivity contribution is 5.83. The first-order valence-corrected chi connectivity index (χ1v) is 6.96. The van der Waals surface area contributed by atoms with Gasteiger partial charge in [-0.15, -0.1) is 0 Å². The fourth-order valence-electron chi connectivity index (χ4n) is 2.76. The third-order valence-corrected chi connectivity index (χ3v) is 4.23. The zero-order valence-electron chi connectivity index (χ0n) is 11.3. The Bertz CT molecular complexity index is 273. The molecule has 0 amide bonds. The second kappa shape index (κ2) is 5.83. The number of hydrazone groups is 1. The molecule has 17 heavy (non-hydrogen) atoms. The largest absolute Gasteiger partial charge is 0.291 e. The lowest BCUT2D eigenvalue weighted by atomic mass is 9.77. The molecule has 1 heterocycles. The van der Waals surface area contributed by atoms with E-state index < -0.39 is 0 Å². The normalized spacial score (nSPS) is 34.6. The van der Waals surface area contributed by atoms with Crippen LogP contribution in [0.5, 0.6) is 0 Å². The number of nitrogens with one attached hydrogen (secondary N) is 3. The van der Waals surface area contributed by atoms with Crippen molar-refractivity contribution in [1.29, 1.82) is 0 Å². The molecule has 1 saturated carbocycles. The fraction of sp³-hybridized carbons (Fsp3) is 0.923. The van der Waals surface area contributed by atoms with Gasteiger partial charge in [0.15, 0.2) is 0 Å². The minimum atomic E-state index is 0.294. The first-order valence-electron chi connectivity index (χ1n) is 6.96. The Morgan fingerprint density at radius 3 is 2.82 bits per heavy atom. The second-order valence-corrected chi connectivity index (χ2v) is 5.75. The van der Waals surface area contributed by atoms with Crippen LogP contribution in [0.15, 0.2) is 5.10 Å². The molecule has 4 heteroatoms. The predicted molar refractivity (Wildman–Crippen MR) is 71.5 cm³/mol. The van der Waals surface area contributed by atoms with Crippen molar-refractivity contribution in [2.45, 2.75) is 52.6 Å². The maximum atomic E-state index is 4.50. The number of hydrogen-bond donors (Lipinski definition) is 3. The van der Waals surface area contributed by atoms with E-state index in [9.17, 15) is 0 Å². The molecule has 98 valence electrons. The lowest BCUT2D eigenvalue weighted by Gasteiger charge is -2.41. The maximum absolute atomic E-state index is 4.50. The SMILES string of the molecule is C/C(=N/NC1NNCC2CCCCC21)C(C)C. The van der Waals surface area contributed by atoms with Crippen molar-refractivity contribution in [2.24, 2.45) is 22.9 Å². The zero-order chi connectivity index (χ0) is 12.3. The van der Waals surface area contributed by atoms with Gasteiger partial charge in [0, 0.05) is 12.3 Å². The van der Waals surface area contributed by atoms with Crippen LogP contribution in [-0.4, -0.2) is 18.4 Å². The number of nitrogens with zero attached hydrogens (tertiary/aromatic N) is 1. The van der Waals surface area contributed by atoms with Gasteiger partial charge in [-0.25, -0.2) is 5.43 Å². The number of fused-ring (bicyclic) bond motifs is 1. The van der Waals surface area contributed by atoms with E-state index in [1.807, 2.05) is 0 Å². The van der Waals surface area contributed by atoms with Crippen LogP contribution in [0.1, 0.15) is 46.5 Å². The third kappa shape index (κ3) is 3.19. The summed E-state index contributed by atoms with van der Waals surface area (Å²) in [5.41, 5.74) is 11.1. The monoisotopic (exact) mass is 238 g/mol. The third-order valence-electron chi connectivity index (χ3n) is 4.23. The van der Waals surface area contributed by atoms with Crippen LogP contribution in [0.25, 0.3) is 0 Å². The van der Waals surface area contributed by atoms with E-state index in [2.05, 4.69) is 42.1 Å². The standard InChI is InChI=1S/C13H26N4/c1-9(2)10(3)15-17-13-12-7-5-4-6-11(12)8-14-16-13/h9,11-14,16-17H,4-8H2,1-3H3/b15-10-. The number of rotatable bonds is 3. The van der Waals surface area contributed by atoms with E-state index in [0.29, 0.717) is 12.1 Å². The first kappa shape index (κ1) is 12.8. The topological polar surface area (TPSA) is 48.5 Å². The van der Waals surface area contributed by atoms with E-state index in [-0.39, 0.29) is 0 Å². The quantitative estimate of drug-likeness (QED) is 0.519. The van der Waals surface area contributed by atoms with Crippen LogP contribution in [0.2, 0.25) is 0 Å². The number of hydrazine groups is 1. The highest BCUT2D eigenvalue weighted by Crippen LogP contribution is 2.32. The zero-order valence-corrected chi connectivity index (χ0v) is 11.3. The molecule has 3 unspecified atom stereocenters. The van der Waals surface area contributed by atoms with E-state index in [1.165, 1.54) is 31.4 Å². The molecule has 1 saturated heterocycles. The van der Waals surface area contributed by atoms with E-state index >= 15 is 0 Å². The molecule has 0 radical (unpaired) electrons. The molecule has 1 aliphatic carbocycles. The molecule has 0 aromatic rings. The van der Waals surface area contributed by atoms with Crippen molar-refractivity contribution in [3.8, 4) is 0 Å². The Morgan fingerprint density at radius 2 is 2.06 bits per heavy atom. The van der Waals surface area contributed by atoms with Gasteiger partial charge in [-0.05, 0) is 37.5 Å². The summed E-state index contributed by atoms with van der Waals surface area (Å²) in [5, 5.41) is 4.50. The summed E-state index contributed by atoms with van der Waals surface area (Å²) in [7, 11) is 0. The average molecular weight is 238 g/mol. The summed E-state index contributed by atoms with van der Waals surface area (Å²) in [6, 6.07) is 0. The van der Waals surface area contributed by atoms with Gasteiger partial charge in [0.05, 0.1) is 0 Å². The Hall–Kier alpha value is -0.610. The van der Waals surface area contributed by atoms with Crippen LogP contribution in [-0.2, 0) is 0 Å². The van der Waals surface area contributed by atoms with Crippen molar-refractivity contribution in [1.82, 2.24) is 16.3 Å². The molecule has 2 rings (SSSR count). The Labute approximate surface area is 105 Å². The van der Waals surface area contributed by atoms with Gasteiger partial charge >= 0.3 is 0 Å². The lowest BCUT2D eigenvalue weighted by molar-refractivity contribution is 0.0994. The lowest BCUT2D eigenvalue weighted by Crippen LogP contribution is -2.61. The summed E-state index contributed by atoms with van der Waals surface area (Å²) < 4.78 is 0. The van der Waals surface area contributed by atoms with E-state index in [0.717, 1.165) is 18.4 Å². The summed E-state index contributed by atoms with van der Waals surface area (Å²) in [4.78, 5) is 0. The van der Waals surface area contributed by atoms with Gasteiger partial charge < -0.3 is 0 Å². The molecule has 0 aromatic carbocycles. The van der Waals surface area contributed by atoms with Crippen LogP contribution in [0.3, 0.4) is 0 Å². The predicted octanol–water partition coefficient (Wildman–Crippen LogP) is 1.85. The van der Waals surface area contributed by atoms with Gasteiger partial charge in [-0.2, -0.15) is 5.10 Å². The van der Waals surface area contributed by atoms with Crippen LogP contribution in [0.4, 0.5) is 0 Å². The molecular formula is C13H26N4. The Kier molecular flexibility index (Phi) is 4.40. The molecule has 3 N–H and O–H groups in total. The summed E-state index contributed by atoms with van der Waals surface area (Å²) >= 11 is 0. The molecule has 1 aliphatic heterocycles. The molecule has 4 nitrogen and oxygen atoms in total. The molecule has 0 spiro atoms. The minimum Gasteiger partial charge on any atom is -0.291 e. The number of hydrogen-bond acceptors (Lipinski definition) is 4. The Morgan fingerprint density at radius 1 is 1.29 bits per heavy atom. The molecule has 0 aromatic heterocycles. The van der Waals surface area contributed by atoms with Crippen LogP contribution in [0, 0.1) is 17.8 Å². The first-order chi connectivity index (χ1) is 8.18. The van der Waals surface area contributed by atoms with Gasteiger partial charge in [0.2, 0.25) is 0 Å². The molecule has 3 atom stereocenters. The van der Waals surface area contributed by atoms with Gasteiger partial charge in [0.25, 0.3) is 0 Å². The second-order valence-electron chi connectivity index (χ2n) is 5.75. The fourth-order valence-corrected chi connectivity index (χ4v) is 2.76. The van der Waals surface area contributed by atoms with E-state index in [4.69, 9.17) is 0 Å². The van der Waals surface area contributed by atoms with Crippen molar-refractivity contribution in [3.05, 3.63) is 0 Å². The molecule has 2 aliphatic rings. The highest BCUT2D eigenvalue weighted by atomic mass is 15.5. The molecule has 0 bridgehead atoms. The highest BCUT2D eigenvalue weighted by Gasteiger charge is 2.34. The van der Waals surface area contributed by atoms with Crippen molar-refractivity contribution in [3.63, 3.8) is 0 Å². The van der Waals surface area contributed by atoms with Gasteiger partial charge in [-0.1, -0.05) is 26.7 Å². The average Bonchev–Trinajstić information content (AvgIpc) is 2.35. The molecular weight excluding hydrogens is 212 g/mol. The van der Waals surface area contributed by atoms with Crippen LogP contribution >= 0.6 is 0 Å². The van der Waals surface area contributed by atoms with Crippen molar-refractivity contribution >= 4 is 5.71 Å². The summed E-state index contributed by atoms with van der Waals surface area (Å²) in [6.45, 7) is 7.55. The van der Waals surface area contributed by atoms with E-state index in [1.54, 1.807) is 0 Å². The van der Waals surface area contributed by atoms with Gasteiger partial charge in [-0.3, -0.25) is 10.9 Å². The molecule has 2 fully saturated rings.